The van der Waals surface area contributed by atoms with Gasteiger partial charge < -0.3 is 4.98 Å². The summed E-state index contributed by atoms with van der Waals surface area (Å²) < 4.78 is 40.4. The Morgan fingerprint density at radius 1 is 1.27 bits per heavy atom. The van der Waals surface area contributed by atoms with E-state index in [2.05, 4.69) is 19.9 Å². The topological polar surface area (TPSA) is 58.9 Å². The van der Waals surface area contributed by atoms with E-state index in [4.69, 9.17) is 11.6 Å². The number of halogens is 4. The molecule has 0 atom stereocenters. The van der Waals surface area contributed by atoms with Crippen LogP contribution in [-0.2, 0) is 6.18 Å². The fourth-order valence-corrected chi connectivity index (χ4v) is 3.60. The maximum absolute atomic E-state index is 12.9. The fraction of sp³-hybridized carbons (Fsp3) is 0.188. The summed E-state index contributed by atoms with van der Waals surface area (Å²) in [5.41, 5.74) is 0.815. The summed E-state index contributed by atoms with van der Waals surface area (Å²) in [6.45, 7) is 2.00. The minimum atomic E-state index is -4.52. The number of nitrogens with zero attached hydrogens (tertiary/aromatic N) is 4. The highest BCUT2D eigenvalue weighted by molar-refractivity contribution is 7.99. The van der Waals surface area contributed by atoms with E-state index in [9.17, 15) is 13.2 Å². The van der Waals surface area contributed by atoms with Crippen LogP contribution >= 0.6 is 23.4 Å². The van der Waals surface area contributed by atoms with Crippen molar-refractivity contribution in [1.82, 2.24) is 24.3 Å². The Morgan fingerprint density at radius 3 is 2.81 bits per heavy atom. The standard InChI is InChI=1S/C16H11ClF3N5S/c1-2-26-15-13(24-12-5-8(17)3-4-25(12)15)14-22-9-6-11(16(18,19)20)21-7-10(9)23-14/h3-7H,2H2,1H3,(H,22,23). The van der Waals surface area contributed by atoms with Crippen molar-refractivity contribution in [3.05, 3.63) is 41.3 Å². The quantitative estimate of drug-likeness (QED) is 0.491. The molecule has 0 fully saturated rings. The van der Waals surface area contributed by atoms with Crippen LogP contribution in [-0.4, -0.2) is 30.1 Å². The summed E-state index contributed by atoms with van der Waals surface area (Å²) in [6, 6.07) is 4.39. The van der Waals surface area contributed by atoms with E-state index in [0.29, 0.717) is 27.7 Å². The molecular formula is C16H11ClF3N5S. The number of aromatic nitrogens is 5. The molecule has 4 heterocycles. The lowest BCUT2D eigenvalue weighted by Gasteiger charge is -2.03. The lowest BCUT2D eigenvalue weighted by Crippen LogP contribution is -2.07. The molecule has 0 saturated heterocycles. The zero-order valence-electron chi connectivity index (χ0n) is 13.3. The van der Waals surface area contributed by atoms with E-state index in [1.807, 2.05) is 11.3 Å². The van der Waals surface area contributed by atoms with Gasteiger partial charge in [-0.1, -0.05) is 18.5 Å². The number of hydrogen-bond acceptors (Lipinski definition) is 4. The molecule has 0 aliphatic carbocycles. The molecule has 0 amide bonds. The van der Waals surface area contributed by atoms with Crippen LogP contribution in [0.15, 0.2) is 35.6 Å². The number of alkyl halides is 3. The number of hydrogen-bond donors (Lipinski definition) is 1. The van der Waals surface area contributed by atoms with Gasteiger partial charge in [-0.25, -0.2) is 15.0 Å². The second kappa shape index (κ2) is 6.17. The van der Waals surface area contributed by atoms with Gasteiger partial charge in [-0.2, -0.15) is 13.2 Å². The SMILES string of the molecule is CCSc1c(-c2nc3cc(C(F)(F)F)ncc3[nH]2)nc2cc(Cl)ccn12. The number of pyridine rings is 2. The van der Waals surface area contributed by atoms with Crippen molar-refractivity contribution in [1.29, 1.82) is 0 Å². The van der Waals surface area contributed by atoms with E-state index in [-0.39, 0.29) is 5.52 Å². The molecule has 0 spiro atoms. The van der Waals surface area contributed by atoms with E-state index in [1.54, 1.807) is 30.1 Å². The Labute approximate surface area is 154 Å². The number of fused-ring (bicyclic) bond motifs is 2. The third kappa shape index (κ3) is 2.90. The van der Waals surface area contributed by atoms with Crippen LogP contribution in [0.5, 0.6) is 0 Å². The van der Waals surface area contributed by atoms with E-state index in [0.717, 1.165) is 23.0 Å². The molecule has 1 N–H and O–H groups in total. The number of rotatable bonds is 3. The Hall–Kier alpha value is -2.26. The lowest BCUT2D eigenvalue weighted by atomic mass is 10.3. The van der Waals surface area contributed by atoms with Crippen LogP contribution in [0.25, 0.3) is 28.2 Å². The molecule has 0 unspecified atom stereocenters. The molecule has 0 aliphatic heterocycles. The number of H-pyrrole nitrogens is 1. The van der Waals surface area contributed by atoms with Crippen molar-refractivity contribution < 1.29 is 13.2 Å². The van der Waals surface area contributed by atoms with Crippen molar-refractivity contribution >= 4 is 40.0 Å². The molecule has 0 bridgehead atoms. The highest BCUT2D eigenvalue weighted by Crippen LogP contribution is 2.33. The first-order valence-electron chi connectivity index (χ1n) is 7.60. The lowest BCUT2D eigenvalue weighted by molar-refractivity contribution is -0.141. The molecule has 4 aromatic rings. The van der Waals surface area contributed by atoms with Crippen molar-refractivity contribution in [3.63, 3.8) is 0 Å². The van der Waals surface area contributed by atoms with Crippen LogP contribution in [0.1, 0.15) is 12.6 Å². The first-order valence-corrected chi connectivity index (χ1v) is 8.97. The van der Waals surface area contributed by atoms with Gasteiger partial charge in [-0.05, 0) is 17.9 Å². The molecular weight excluding hydrogens is 387 g/mol. The predicted octanol–water partition coefficient (Wildman–Crippen LogP) is 5.06. The van der Waals surface area contributed by atoms with E-state index in [1.165, 1.54) is 0 Å². The molecule has 26 heavy (non-hydrogen) atoms. The third-order valence-corrected chi connectivity index (χ3v) is 4.89. The second-order valence-corrected chi connectivity index (χ2v) is 7.13. The normalized spacial score (nSPS) is 12.3. The average molecular weight is 398 g/mol. The summed E-state index contributed by atoms with van der Waals surface area (Å²) >= 11 is 7.59. The van der Waals surface area contributed by atoms with Gasteiger partial charge in [0.2, 0.25) is 0 Å². The second-order valence-electron chi connectivity index (χ2n) is 5.44. The molecule has 0 radical (unpaired) electrons. The van der Waals surface area contributed by atoms with Crippen molar-refractivity contribution in [2.24, 2.45) is 0 Å². The van der Waals surface area contributed by atoms with Gasteiger partial charge in [0.1, 0.15) is 22.1 Å². The Balaban J connectivity index is 1.90. The van der Waals surface area contributed by atoms with Crippen LogP contribution in [0, 0.1) is 0 Å². The largest absolute Gasteiger partial charge is 0.433 e. The predicted molar refractivity (Wildman–Crippen MR) is 94.5 cm³/mol. The molecule has 10 heteroatoms. The zero-order chi connectivity index (χ0) is 18.5. The smallest absolute Gasteiger partial charge is 0.335 e. The third-order valence-electron chi connectivity index (χ3n) is 3.71. The number of thioether (sulfide) groups is 1. The van der Waals surface area contributed by atoms with Crippen LogP contribution in [0.4, 0.5) is 13.2 Å². The van der Waals surface area contributed by atoms with Crippen molar-refractivity contribution in [2.45, 2.75) is 18.1 Å². The number of imidazole rings is 2. The first-order chi connectivity index (χ1) is 12.4. The minimum absolute atomic E-state index is 0.185. The summed E-state index contributed by atoms with van der Waals surface area (Å²) in [5, 5.41) is 1.38. The molecule has 5 nitrogen and oxygen atoms in total. The summed E-state index contributed by atoms with van der Waals surface area (Å²) in [7, 11) is 0. The molecule has 134 valence electrons. The van der Waals surface area contributed by atoms with Crippen LogP contribution in [0.2, 0.25) is 5.02 Å². The van der Waals surface area contributed by atoms with E-state index < -0.39 is 11.9 Å². The molecule has 0 saturated carbocycles. The Bertz CT molecular complexity index is 1120. The highest BCUT2D eigenvalue weighted by Gasteiger charge is 2.33. The van der Waals surface area contributed by atoms with Gasteiger partial charge in [0, 0.05) is 17.3 Å². The summed E-state index contributed by atoms with van der Waals surface area (Å²) in [4.78, 5) is 15.3. The molecule has 4 aromatic heterocycles. The Kier molecular flexibility index (Phi) is 4.07. The molecule has 4 rings (SSSR count). The van der Waals surface area contributed by atoms with Gasteiger partial charge >= 0.3 is 6.18 Å². The van der Waals surface area contributed by atoms with Gasteiger partial charge in [-0.15, -0.1) is 11.8 Å². The average Bonchev–Trinajstić information content (AvgIpc) is 3.14. The maximum Gasteiger partial charge on any atom is 0.433 e. The minimum Gasteiger partial charge on any atom is -0.335 e. The van der Waals surface area contributed by atoms with Gasteiger partial charge in [-0.3, -0.25) is 4.40 Å². The molecule has 0 aromatic carbocycles. The van der Waals surface area contributed by atoms with Crippen molar-refractivity contribution in [2.75, 3.05) is 5.75 Å². The summed E-state index contributed by atoms with van der Waals surface area (Å²) in [6.07, 6.45) is -1.58. The van der Waals surface area contributed by atoms with Crippen LogP contribution < -0.4 is 0 Å². The fourth-order valence-electron chi connectivity index (χ4n) is 2.60. The highest BCUT2D eigenvalue weighted by atomic mass is 35.5. The van der Waals surface area contributed by atoms with Gasteiger partial charge in [0.15, 0.2) is 5.82 Å². The summed E-state index contributed by atoms with van der Waals surface area (Å²) in [5.74, 6) is 1.18. The maximum atomic E-state index is 12.9. The van der Waals surface area contributed by atoms with Gasteiger partial charge in [0.05, 0.1) is 17.2 Å². The number of aromatic amines is 1. The van der Waals surface area contributed by atoms with Crippen LogP contribution in [0.3, 0.4) is 0 Å². The van der Waals surface area contributed by atoms with Crippen molar-refractivity contribution in [3.8, 4) is 11.5 Å². The monoisotopic (exact) mass is 397 g/mol. The number of nitrogens with one attached hydrogen (secondary N) is 1. The van der Waals surface area contributed by atoms with E-state index >= 15 is 0 Å². The Morgan fingerprint density at radius 2 is 2.08 bits per heavy atom. The molecule has 0 aliphatic rings. The first kappa shape index (κ1) is 17.2. The van der Waals surface area contributed by atoms with Gasteiger partial charge in [0.25, 0.3) is 0 Å². The zero-order valence-corrected chi connectivity index (χ0v) is 14.9.